The third kappa shape index (κ3) is 3.72. The molecule has 98 valence electrons. The molecular formula is C14H19ClN2O. The van der Waals surface area contributed by atoms with Crippen LogP contribution in [-0.4, -0.2) is 30.9 Å². The van der Waals surface area contributed by atoms with Crippen molar-refractivity contribution in [2.75, 3.05) is 20.1 Å². The first-order valence-corrected chi connectivity index (χ1v) is 6.73. The molecule has 2 rings (SSSR count). The van der Waals surface area contributed by atoms with Crippen LogP contribution in [0.25, 0.3) is 0 Å². The number of carbonyl (C=O) groups excluding carboxylic acids is 1. The maximum absolute atomic E-state index is 12.0. The van der Waals surface area contributed by atoms with Crippen molar-refractivity contribution in [3.8, 4) is 0 Å². The van der Waals surface area contributed by atoms with Crippen LogP contribution in [-0.2, 0) is 11.3 Å². The quantitative estimate of drug-likeness (QED) is 0.911. The molecule has 0 radical (unpaired) electrons. The van der Waals surface area contributed by atoms with Crippen molar-refractivity contribution in [1.82, 2.24) is 10.2 Å². The Kier molecular flexibility index (Phi) is 4.61. The van der Waals surface area contributed by atoms with Gasteiger partial charge in [0.25, 0.3) is 0 Å². The number of piperidine rings is 1. The first-order chi connectivity index (χ1) is 8.65. The molecular weight excluding hydrogens is 248 g/mol. The van der Waals surface area contributed by atoms with Gasteiger partial charge in [0.05, 0.1) is 0 Å². The largest absolute Gasteiger partial charge is 0.352 e. The molecule has 1 aromatic carbocycles. The van der Waals surface area contributed by atoms with E-state index in [4.69, 9.17) is 11.6 Å². The van der Waals surface area contributed by atoms with E-state index in [-0.39, 0.29) is 11.8 Å². The van der Waals surface area contributed by atoms with Crippen molar-refractivity contribution in [3.63, 3.8) is 0 Å². The zero-order valence-electron chi connectivity index (χ0n) is 10.7. The zero-order chi connectivity index (χ0) is 13.0. The van der Waals surface area contributed by atoms with E-state index >= 15 is 0 Å². The standard InChI is InChI=1S/C14H19ClN2O/c1-17-7-5-12(6-8-17)14(18)16-10-11-3-2-4-13(15)9-11/h2-4,9,12H,5-8,10H2,1H3,(H,16,18). The summed E-state index contributed by atoms with van der Waals surface area (Å²) >= 11 is 5.91. The molecule has 0 saturated carbocycles. The van der Waals surface area contributed by atoms with E-state index < -0.39 is 0 Å². The summed E-state index contributed by atoms with van der Waals surface area (Å²) in [6.45, 7) is 2.58. The Hall–Kier alpha value is -1.06. The number of nitrogens with one attached hydrogen (secondary N) is 1. The Morgan fingerprint density at radius 1 is 1.44 bits per heavy atom. The SMILES string of the molecule is CN1CCC(C(=O)NCc2cccc(Cl)c2)CC1. The van der Waals surface area contributed by atoms with Crippen LogP contribution in [0.15, 0.2) is 24.3 Å². The molecule has 1 amide bonds. The monoisotopic (exact) mass is 266 g/mol. The van der Waals surface area contributed by atoms with Gasteiger partial charge in [-0.1, -0.05) is 23.7 Å². The normalized spacial score (nSPS) is 17.7. The average Bonchev–Trinajstić information content (AvgIpc) is 2.37. The predicted octanol–water partition coefficient (Wildman–Crippen LogP) is 2.30. The van der Waals surface area contributed by atoms with E-state index in [2.05, 4.69) is 17.3 Å². The highest BCUT2D eigenvalue weighted by Gasteiger charge is 2.22. The van der Waals surface area contributed by atoms with E-state index in [0.717, 1.165) is 31.5 Å². The van der Waals surface area contributed by atoms with Gasteiger partial charge in [0.2, 0.25) is 5.91 Å². The molecule has 3 nitrogen and oxygen atoms in total. The molecule has 0 atom stereocenters. The number of benzene rings is 1. The summed E-state index contributed by atoms with van der Waals surface area (Å²) in [4.78, 5) is 14.3. The highest BCUT2D eigenvalue weighted by molar-refractivity contribution is 6.30. The number of hydrogen-bond acceptors (Lipinski definition) is 2. The first kappa shape index (κ1) is 13.4. The van der Waals surface area contributed by atoms with E-state index in [0.29, 0.717) is 11.6 Å². The van der Waals surface area contributed by atoms with Gasteiger partial charge in [-0.05, 0) is 50.7 Å². The van der Waals surface area contributed by atoms with Crippen LogP contribution >= 0.6 is 11.6 Å². The lowest BCUT2D eigenvalue weighted by molar-refractivity contribution is -0.126. The van der Waals surface area contributed by atoms with Crippen LogP contribution in [0.1, 0.15) is 18.4 Å². The second-order valence-electron chi connectivity index (χ2n) is 4.93. The van der Waals surface area contributed by atoms with Gasteiger partial charge < -0.3 is 10.2 Å². The van der Waals surface area contributed by atoms with E-state index in [1.807, 2.05) is 24.3 Å². The second kappa shape index (κ2) is 6.21. The summed E-state index contributed by atoms with van der Waals surface area (Å²) < 4.78 is 0. The van der Waals surface area contributed by atoms with Crippen LogP contribution in [0.5, 0.6) is 0 Å². The van der Waals surface area contributed by atoms with Crippen LogP contribution in [0.3, 0.4) is 0 Å². The highest BCUT2D eigenvalue weighted by atomic mass is 35.5. The molecule has 0 spiro atoms. The van der Waals surface area contributed by atoms with Crippen molar-refractivity contribution in [2.24, 2.45) is 5.92 Å². The van der Waals surface area contributed by atoms with Gasteiger partial charge in [-0.2, -0.15) is 0 Å². The highest BCUT2D eigenvalue weighted by Crippen LogP contribution is 2.16. The van der Waals surface area contributed by atoms with Gasteiger partial charge in [0, 0.05) is 17.5 Å². The van der Waals surface area contributed by atoms with E-state index in [9.17, 15) is 4.79 Å². The molecule has 0 aromatic heterocycles. The molecule has 1 N–H and O–H groups in total. The lowest BCUT2D eigenvalue weighted by atomic mass is 9.96. The molecule has 0 aliphatic carbocycles. The average molecular weight is 267 g/mol. The molecule has 1 aliphatic rings. The lowest BCUT2D eigenvalue weighted by Gasteiger charge is -2.28. The number of nitrogens with zero attached hydrogens (tertiary/aromatic N) is 1. The predicted molar refractivity (Wildman–Crippen MR) is 73.5 cm³/mol. The van der Waals surface area contributed by atoms with Crippen molar-refractivity contribution >= 4 is 17.5 Å². The van der Waals surface area contributed by atoms with Gasteiger partial charge in [-0.3, -0.25) is 4.79 Å². The zero-order valence-corrected chi connectivity index (χ0v) is 11.4. The number of amides is 1. The van der Waals surface area contributed by atoms with Gasteiger partial charge in [-0.15, -0.1) is 0 Å². The Bertz CT molecular complexity index is 414. The maximum Gasteiger partial charge on any atom is 0.223 e. The summed E-state index contributed by atoms with van der Waals surface area (Å²) in [6.07, 6.45) is 1.91. The van der Waals surface area contributed by atoms with Gasteiger partial charge >= 0.3 is 0 Å². The number of halogens is 1. The second-order valence-corrected chi connectivity index (χ2v) is 5.36. The number of rotatable bonds is 3. The molecule has 4 heteroatoms. The summed E-state index contributed by atoms with van der Waals surface area (Å²) in [6, 6.07) is 7.60. The molecule has 1 heterocycles. The molecule has 1 fully saturated rings. The molecule has 18 heavy (non-hydrogen) atoms. The molecule has 1 aliphatic heterocycles. The maximum atomic E-state index is 12.0. The summed E-state index contributed by atoms with van der Waals surface area (Å²) in [7, 11) is 2.10. The fourth-order valence-electron chi connectivity index (χ4n) is 2.25. The minimum atomic E-state index is 0.167. The smallest absolute Gasteiger partial charge is 0.223 e. The molecule has 0 bridgehead atoms. The van der Waals surface area contributed by atoms with Gasteiger partial charge in [0.15, 0.2) is 0 Å². The van der Waals surface area contributed by atoms with Crippen LogP contribution < -0.4 is 5.32 Å². The topological polar surface area (TPSA) is 32.3 Å². The van der Waals surface area contributed by atoms with Crippen molar-refractivity contribution in [1.29, 1.82) is 0 Å². The molecule has 0 unspecified atom stereocenters. The van der Waals surface area contributed by atoms with E-state index in [1.165, 1.54) is 0 Å². The fraction of sp³-hybridized carbons (Fsp3) is 0.500. The number of hydrogen-bond donors (Lipinski definition) is 1. The minimum Gasteiger partial charge on any atom is -0.352 e. The summed E-state index contributed by atoms with van der Waals surface area (Å²) in [5, 5.41) is 3.70. The van der Waals surface area contributed by atoms with Crippen LogP contribution in [0, 0.1) is 5.92 Å². The fourth-order valence-corrected chi connectivity index (χ4v) is 2.46. The summed E-state index contributed by atoms with van der Waals surface area (Å²) in [5.41, 5.74) is 1.05. The Morgan fingerprint density at radius 2 is 2.17 bits per heavy atom. The Labute approximate surface area is 113 Å². The number of likely N-dealkylation sites (tertiary alicyclic amines) is 1. The number of carbonyl (C=O) groups is 1. The molecule has 1 aromatic rings. The van der Waals surface area contributed by atoms with Crippen molar-refractivity contribution < 1.29 is 4.79 Å². The Morgan fingerprint density at radius 3 is 2.83 bits per heavy atom. The van der Waals surface area contributed by atoms with Gasteiger partial charge in [-0.25, -0.2) is 0 Å². The third-order valence-corrected chi connectivity index (χ3v) is 3.68. The van der Waals surface area contributed by atoms with Crippen LogP contribution in [0.2, 0.25) is 5.02 Å². The minimum absolute atomic E-state index is 0.167. The van der Waals surface area contributed by atoms with Crippen LogP contribution in [0.4, 0.5) is 0 Å². The first-order valence-electron chi connectivity index (χ1n) is 6.36. The Balaban J connectivity index is 1.81. The third-order valence-electron chi connectivity index (χ3n) is 3.45. The molecule has 1 saturated heterocycles. The van der Waals surface area contributed by atoms with Gasteiger partial charge in [0.1, 0.15) is 0 Å². The van der Waals surface area contributed by atoms with Crippen molar-refractivity contribution in [3.05, 3.63) is 34.9 Å². The van der Waals surface area contributed by atoms with E-state index in [1.54, 1.807) is 0 Å². The van der Waals surface area contributed by atoms with Crippen molar-refractivity contribution in [2.45, 2.75) is 19.4 Å². The summed E-state index contributed by atoms with van der Waals surface area (Å²) in [5.74, 6) is 0.337. The lowest BCUT2D eigenvalue weighted by Crippen LogP contribution is -2.38.